The third-order valence-electron chi connectivity index (χ3n) is 6.87. The maximum absolute atomic E-state index is 14.0. The molecule has 1 N–H and O–H groups in total. The number of nitrogens with one attached hydrogen (secondary N) is 1. The van der Waals surface area contributed by atoms with E-state index in [0.29, 0.717) is 37.7 Å². The first-order valence-corrected chi connectivity index (χ1v) is 14.3. The molecule has 2 heterocycles. The number of ether oxygens (including phenoxy) is 2. The van der Waals surface area contributed by atoms with E-state index >= 15 is 0 Å². The van der Waals surface area contributed by atoms with Crippen LogP contribution in [0, 0.1) is 0 Å². The fourth-order valence-electron chi connectivity index (χ4n) is 4.53. The van der Waals surface area contributed by atoms with Gasteiger partial charge in [0.15, 0.2) is 5.69 Å². The van der Waals surface area contributed by atoms with Crippen LogP contribution in [0.3, 0.4) is 0 Å². The average Bonchev–Trinajstić information content (AvgIpc) is 3.43. The smallest absolute Gasteiger partial charge is 0.435 e. The van der Waals surface area contributed by atoms with Gasteiger partial charge in [0.1, 0.15) is 22.2 Å². The Hall–Kier alpha value is -3.15. The average molecular weight is 577 g/mol. The van der Waals surface area contributed by atoms with E-state index in [9.17, 15) is 18.0 Å². The molecule has 1 atom stereocenters. The van der Waals surface area contributed by atoms with Crippen molar-refractivity contribution in [2.24, 2.45) is 0 Å². The zero-order valence-electron chi connectivity index (χ0n) is 23.0. The number of alkyl halides is 3. The number of thiazole rings is 1. The van der Waals surface area contributed by atoms with Gasteiger partial charge in [0.05, 0.1) is 24.8 Å². The molecule has 40 heavy (non-hydrogen) atoms. The van der Waals surface area contributed by atoms with Crippen LogP contribution in [0.1, 0.15) is 47.7 Å². The Labute approximate surface area is 236 Å². The summed E-state index contributed by atoms with van der Waals surface area (Å²) in [5.74, 6) is -0.391. The van der Waals surface area contributed by atoms with Crippen LogP contribution >= 0.6 is 11.3 Å². The predicted octanol–water partition coefficient (Wildman–Crippen LogP) is 5.88. The Morgan fingerprint density at radius 3 is 2.58 bits per heavy atom. The summed E-state index contributed by atoms with van der Waals surface area (Å²) >= 11 is 0.718. The van der Waals surface area contributed by atoms with Gasteiger partial charge in [0.2, 0.25) is 0 Å². The van der Waals surface area contributed by atoms with E-state index in [1.807, 2.05) is 24.3 Å². The number of likely N-dealkylation sites (N-methyl/N-ethyl adjacent to an activating group) is 1. The van der Waals surface area contributed by atoms with Crippen LogP contribution in [0.5, 0.6) is 5.75 Å². The van der Waals surface area contributed by atoms with E-state index in [0.717, 1.165) is 48.8 Å². The Balaban J connectivity index is 1.55. The quantitative estimate of drug-likeness (QED) is 0.308. The summed E-state index contributed by atoms with van der Waals surface area (Å²) in [4.78, 5) is 21.0. The highest BCUT2D eigenvalue weighted by Gasteiger charge is 2.40. The molecule has 0 bridgehead atoms. The number of rotatable bonds is 11. The van der Waals surface area contributed by atoms with Gasteiger partial charge in [0.25, 0.3) is 5.91 Å². The monoisotopic (exact) mass is 576 g/mol. The molecular weight excluding hydrogens is 541 g/mol. The highest BCUT2D eigenvalue weighted by molar-refractivity contribution is 7.17. The lowest BCUT2D eigenvalue weighted by Gasteiger charge is -2.29. The van der Waals surface area contributed by atoms with Gasteiger partial charge in [-0.2, -0.15) is 13.2 Å². The highest BCUT2D eigenvalue weighted by atomic mass is 32.1. The van der Waals surface area contributed by atoms with Crippen LogP contribution in [0.2, 0.25) is 0 Å². The van der Waals surface area contributed by atoms with Crippen molar-refractivity contribution in [3.8, 4) is 16.3 Å². The second kappa shape index (κ2) is 13.5. The summed E-state index contributed by atoms with van der Waals surface area (Å²) in [5, 5.41) is 2.83. The van der Waals surface area contributed by atoms with Crippen LogP contribution < -0.4 is 15.0 Å². The van der Waals surface area contributed by atoms with Crippen molar-refractivity contribution in [2.75, 3.05) is 57.4 Å². The lowest BCUT2D eigenvalue weighted by atomic mass is 10.1. The maximum Gasteiger partial charge on any atom is 0.435 e. The molecule has 1 aliphatic rings. The molecule has 4 rings (SSSR count). The number of anilines is 1. The second-order valence-corrected chi connectivity index (χ2v) is 10.5. The van der Waals surface area contributed by atoms with Crippen molar-refractivity contribution in [3.05, 3.63) is 64.7 Å². The topological polar surface area (TPSA) is 66.9 Å². The summed E-state index contributed by atoms with van der Waals surface area (Å²) < 4.78 is 53.5. The SMILES string of the molecule is CCN(CC)CCOc1ccccc1-c1nc(C(F)(F)F)c(C(=O)N[C@@H](C)c2cccc(N3CCOCC3)c2)s1. The molecule has 1 saturated heterocycles. The first kappa shape index (κ1) is 29.8. The minimum absolute atomic E-state index is 0.0814. The summed E-state index contributed by atoms with van der Waals surface area (Å²) in [5.41, 5.74) is 0.998. The van der Waals surface area contributed by atoms with Crippen LogP contribution in [0.15, 0.2) is 48.5 Å². The van der Waals surface area contributed by atoms with Crippen molar-refractivity contribution in [3.63, 3.8) is 0 Å². The molecule has 216 valence electrons. The van der Waals surface area contributed by atoms with Gasteiger partial charge < -0.3 is 24.6 Å². The largest absolute Gasteiger partial charge is 0.492 e. The Morgan fingerprint density at radius 1 is 1.15 bits per heavy atom. The normalized spacial score (nSPS) is 14.8. The first-order chi connectivity index (χ1) is 19.2. The number of halogens is 3. The van der Waals surface area contributed by atoms with E-state index < -0.39 is 28.7 Å². The lowest BCUT2D eigenvalue weighted by molar-refractivity contribution is -0.141. The van der Waals surface area contributed by atoms with Gasteiger partial charge in [-0.3, -0.25) is 4.79 Å². The van der Waals surface area contributed by atoms with Crippen molar-refractivity contribution >= 4 is 22.9 Å². The van der Waals surface area contributed by atoms with Gasteiger partial charge in [-0.25, -0.2) is 4.98 Å². The number of carbonyl (C=O) groups is 1. The number of nitrogens with zero attached hydrogens (tertiary/aromatic N) is 3. The Morgan fingerprint density at radius 2 is 1.88 bits per heavy atom. The number of amides is 1. The van der Waals surface area contributed by atoms with E-state index in [1.54, 1.807) is 31.2 Å². The lowest BCUT2D eigenvalue weighted by Crippen LogP contribution is -2.36. The summed E-state index contributed by atoms with van der Waals surface area (Å²) in [6, 6.07) is 14.0. The van der Waals surface area contributed by atoms with E-state index in [2.05, 4.69) is 33.9 Å². The van der Waals surface area contributed by atoms with Gasteiger partial charge in [0, 0.05) is 25.3 Å². The Kier molecular flexibility index (Phi) is 10.0. The third kappa shape index (κ3) is 7.32. The Bertz CT molecular complexity index is 1270. The number of morpholine rings is 1. The molecule has 0 aliphatic carbocycles. The molecule has 1 amide bonds. The molecule has 0 unspecified atom stereocenters. The molecule has 7 nitrogen and oxygen atoms in total. The zero-order valence-corrected chi connectivity index (χ0v) is 23.8. The fourth-order valence-corrected chi connectivity index (χ4v) is 5.55. The molecule has 2 aromatic carbocycles. The molecule has 1 aliphatic heterocycles. The minimum atomic E-state index is -4.79. The van der Waals surface area contributed by atoms with Crippen molar-refractivity contribution < 1.29 is 27.4 Å². The number of benzene rings is 2. The summed E-state index contributed by atoms with van der Waals surface area (Å²) in [6.07, 6.45) is -4.79. The second-order valence-electron chi connectivity index (χ2n) is 9.46. The summed E-state index contributed by atoms with van der Waals surface area (Å²) in [6.45, 7) is 11.4. The molecule has 11 heteroatoms. The van der Waals surface area contributed by atoms with E-state index in [1.165, 1.54) is 0 Å². The van der Waals surface area contributed by atoms with E-state index in [4.69, 9.17) is 9.47 Å². The van der Waals surface area contributed by atoms with Gasteiger partial charge in [-0.05, 0) is 49.8 Å². The van der Waals surface area contributed by atoms with E-state index in [-0.39, 0.29) is 5.01 Å². The minimum Gasteiger partial charge on any atom is -0.492 e. The summed E-state index contributed by atoms with van der Waals surface area (Å²) in [7, 11) is 0. The van der Waals surface area contributed by atoms with Gasteiger partial charge in [-0.15, -0.1) is 11.3 Å². The van der Waals surface area contributed by atoms with Crippen LogP contribution in [-0.4, -0.2) is 68.3 Å². The van der Waals surface area contributed by atoms with Crippen molar-refractivity contribution in [2.45, 2.75) is 33.0 Å². The number of aromatic nitrogens is 1. The number of hydrogen-bond acceptors (Lipinski definition) is 7. The van der Waals surface area contributed by atoms with Crippen LogP contribution in [0.4, 0.5) is 18.9 Å². The molecule has 1 fully saturated rings. The van der Waals surface area contributed by atoms with Crippen molar-refractivity contribution in [1.82, 2.24) is 15.2 Å². The number of para-hydroxylation sites is 1. The number of carbonyl (C=O) groups excluding carboxylic acids is 1. The predicted molar refractivity (Wildman–Crippen MR) is 151 cm³/mol. The number of hydrogen-bond donors (Lipinski definition) is 1. The van der Waals surface area contributed by atoms with Gasteiger partial charge in [-0.1, -0.05) is 38.1 Å². The molecule has 0 radical (unpaired) electrons. The van der Waals surface area contributed by atoms with Gasteiger partial charge >= 0.3 is 6.18 Å². The molecule has 0 spiro atoms. The standard InChI is InChI=1S/C29H35F3N4O3S/c1-4-35(5-2)13-18-39-24-12-7-6-11-23(24)28-34-26(29(30,31)32)25(40-28)27(37)33-20(3)21-9-8-10-22(19-21)36-14-16-38-17-15-36/h6-12,19-20H,4-5,13-18H2,1-3H3,(H,33,37)/t20-/m0/s1. The van der Waals surface area contributed by atoms with Crippen LogP contribution in [-0.2, 0) is 10.9 Å². The van der Waals surface area contributed by atoms with Crippen LogP contribution in [0.25, 0.3) is 10.6 Å². The molecule has 3 aromatic rings. The zero-order chi connectivity index (χ0) is 28.7. The first-order valence-electron chi connectivity index (χ1n) is 13.5. The molecule has 1 aromatic heterocycles. The maximum atomic E-state index is 14.0. The third-order valence-corrected chi connectivity index (χ3v) is 7.96. The highest BCUT2D eigenvalue weighted by Crippen LogP contribution is 2.40. The molecule has 0 saturated carbocycles. The van der Waals surface area contributed by atoms with Crippen molar-refractivity contribution in [1.29, 1.82) is 0 Å². The fraction of sp³-hybridized carbons (Fsp3) is 0.448. The molecular formula is C29H35F3N4O3S.